The molecule has 17 heavy (non-hydrogen) atoms. The molecule has 7 nitrogen and oxygen atoms in total. The number of piperidine rings is 1. The van der Waals surface area contributed by atoms with Crippen molar-refractivity contribution in [1.29, 1.82) is 0 Å². The summed E-state index contributed by atoms with van der Waals surface area (Å²) >= 11 is 0. The van der Waals surface area contributed by atoms with Gasteiger partial charge in [0, 0.05) is 6.54 Å². The molecule has 0 bridgehead atoms. The lowest BCUT2D eigenvalue weighted by Gasteiger charge is -2.31. The lowest BCUT2D eigenvalue weighted by Crippen LogP contribution is -2.58. The number of carbonyl (C=O) groups is 1. The molecule has 0 aliphatic carbocycles. The van der Waals surface area contributed by atoms with E-state index in [1.807, 2.05) is 0 Å². The number of rotatable bonds is 2. The summed E-state index contributed by atoms with van der Waals surface area (Å²) in [5.74, 6) is -0.190. The van der Waals surface area contributed by atoms with Crippen molar-refractivity contribution in [2.75, 3.05) is 13.1 Å². The fourth-order valence-electron chi connectivity index (χ4n) is 2.04. The van der Waals surface area contributed by atoms with Gasteiger partial charge in [-0.3, -0.25) is 15.1 Å². The molecular formula is C10H18N4O3. The van der Waals surface area contributed by atoms with Crippen molar-refractivity contribution in [1.82, 2.24) is 16.0 Å². The maximum atomic E-state index is 10.9. The highest BCUT2D eigenvalue weighted by molar-refractivity contribution is 5.81. The molecule has 0 aromatic heterocycles. The summed E-state index contributed by atoms with van der Waals surface area (Å²) in [6, 6.07) is -0.490. The van der Waals surface area contributed by atoms with Gasteiger partial charge in [0.1, 0.15) is 6.04 Å². The van der Waals surface area contributed by atoms with Crippen molar-refractivity contribution in [3.05, 3.63) is 0 Å². The summed E-state index contributed by atoms with van der Waals surface area (Å²) in [7, 11) is 0. The largest absolute Gasteiger partial charge is 0.480 e. The Morgan fingerprint density at radius 1 is 1.47 bits per heavy atom. The fraction of sp³-hybridized carbons (Fsp3) is 0.800. The molecule has 5 N–H and O–H groups in total. The lowest BCUT2D eigenvalue weighted by atomic mass is 10.0. The Bertz CT molecular complexity index is 321. The second kappa shape index (κ2) is 5.33. The van der Waals surface area contributed by atoms with Crippen molar-refractivity contribution < 1.29 is 15.0 Å². The van der Waals surface area contributed by atoms with Crippen LogP contribution in [0.3, 0.4) is 0 Å². The van der Waals surface area contributed by atoms with Crippen LogP contribution in [0.1, 0.15) is 19.3 Å². The van der Waals surface area contributed by atoms with Gasteiger partial charge in [-0.1, -0.05) is 0 Å². The van der Waals surface area contributed by atoms with Crippen molar-refractivity contribution in [2.24, 2.45) is 4.99 Å². The lowest BCUT2D eigenvalue weighted by molar-refractivity contribution is -0.140. The van der Waals surface area contributed by atoms with Crippen LogP contribution in [0.25, 0.3) is 0 Å². The molecule has 0 spiro atoms. The van der Waals surface area contributed by atoms with Crippen LogP contribution in [0.4, 0.5) is 0 Å². The van der Waals surface area contributed by atoms with Gasteiger partial charge < -0.3 is 20.8 Å². The van der Waals surface area contributed by atoms with E-state index in [-0.39, 0.29) is 6.17 Å². The van der Waals surface area contributed by atoms with Gasteiger partial charge in [-0.2, -0.15) is 0 Å². The molecule has 7 heteroatoms. The summed E-state index contributed by atoms with van der Waals surface area (Å²) in [5.41, 5.74) is 0. The number of aliphatic carboxylic acids is 1. The van der Waals surface area contributed by atoms with E-state index in [9.17, 15) is 9.90 Å². The Morgan fingerprint density at radius 2 is 2.29 bits per heavy atom. The molecule has 2 aliphatic rings. The number of aliphatic hydroxyl groups excluding tert-OH is 1. The molecule has 0 radical (unpaired) electrons. The molecule has 3 unspecified atom stereocenters. The zero-order valence-electron chi connectivity index (χ0n) is 9.52. The van der Waals surface area contributed by atoms with Crippen molar-refractivity contribution >= 4 is 11.9 Å². The SMILES string of the molecule is O=C(O)C1CCCC(NC2=NCC(O)CN2)N1. The van der Waals surface area contributed by atoms with Crippen molar-refractivity contribution in [2.45, 2.75) is 37.6 Å². The third kappa shape index (κ3) is 3.31. The Hall–Kier alpha value is -1.34. The van der Waals surface area contributed by atoms with Crippen LogP contribution < -0.4 is 16.0 Å². The van der Waals surface area contributed by atoms with Gasteiger partial charge in [0.25, 0.3) is 0 Å². The first-order chi connectivity index (χ1) is 8.15. The van der Waals surface area contributed by atoms with Crippen LogP contribution in [0.5, 0.6) is 0 Å². The Labute approximate surface area is 99.3 Å². The van der Waals surface area contributed by atoms with E-state index in [0.717, 1.165) is 12.8 Å². The van der Waals surface area contributed by atoms with E-state index in [0.29, 0.717) is 25.5 Å². The van der Waals surface area contributed by atoms with Gasteiger partial charge in [-0.15, -0.1) is 0 Å². The predicted octanol–water partition coefficient (Wildman–Crippen LogP) is -1.55. The van der Waals surface area contributed by atoms with Gasteiger partial charge in [0.15, 0.2) is 5.96 Å². The minimum atomic E-state index is -0.814. The minimum absolute atomic E-state index is 0.0775. The molecule has 1 saturated heterocycles. The highest BCUT2D eigenvalue weighted by atomic mass is 16.4. The number of hydrogen-bond donors (Lipinski definition) is 5. The molecule has 3 atom stereocenters. The highest BCUT2D eigenvalue weighted by Crippen LogP contribution is 2.11. The van der Waals surface area contributed by atoms with E-state index in [1.165, 1.54) is 0 Å². The average Bonchev–Trinajstić information content (AvgIpc) is 2.32. The Morgan fingerprint density at radius 3 is 2.94 bits per heavy atom. The van der Waals surface area contributed by atoms with Gasteiger partial charge in [-0.05, 0) is 19.3 Å². The smallest absolute Gasteiger partial charge is 0.320 e. The highest BCUT2D eigenvalue weighted by Gasteiger charge is 2.26. The third-order valence-electron chi connectivity index (χ3n) is 2.96. The molecular weight excluding hydrogens is 224 g/mol. The first-order valence-corrected chi connectivity index (χ1v) is 5.87. The molecule has 0 aromatic rings. The molecule has 1 fully saturated rings. The maximum Gasteiger partial charge on any atom is 0.320 e. The molecule has 2 heterocycles. The number of carboxylic acid groups (broad SMARTS) is 1. The normalized spacial score (nSPS) is 33.5. The van der Waals surface area contributed by atoms with E-state index < -0.39 is 18.1 Å². The van der Waals surface area contributed by atoms with Crippen LogP contribution in [-0.4, -0.2) is 53.5 Å². The molecule has 0 amide bonds. The topological polar surface area (TPSA) is 106 Å². The van der Waals surface area contributed by atoms with Gasteiger partial charge in [0.2, 0.25) is 0 Å². The number of hydrogen-bond acceptors (Lipinski definition) is 6. The minimum Gasteiger partial charge on any atom is -0.480 e. The summed E-state index contributed by atoms with van der Waals surface area (Å²) in [6.45, 7) is 0.853. The van der Waals surface area contributed by atoms with Crippen LogP contribution in [0.15, 0.2) is 4.99 Å². The molecule has 2 aliphatic heterocycles. The zero-order chi connectivity index (χ0) is 12.3. The Balaban J connectivity index is 1.84. The summed E-state index contributed by atoms with van der Waals surface area (Å²) in [5, 5.41) is 27.3. The number of nitrogens with zero attached hydrogens (tertiary/aromatic N) is 1. The Kier molecular flexibility index (Phi) is 3.80. The van der Waals surface area contributed by atoms with E-state index in [2.05, 4.69) is 20.9 Å². The first kappa shape index (κ1) is 12.1. The molecule has 2 rings (SSSR count). The molecule has 0 aromatic carbocycles. The fourth-order valence-corrected chi connectivity index (χ4v) is 2.04. The number of carboxylic acids is 1. The summed E-state index contributed by atoms with van der Waals surface area (Å²) in [4.78, 5) is 15.0. The van der Waals surface area contributed by atoms with Crippen molar-refractivity contribution in [3.8, 4) is 0 Å². The molecule has 96 valence electrons. The number of nitrogens with one attached hydrogen (secondary N) is 3. The quantitative estimate of drug-likeness (QED) is 0.401. The monoisotopic (exact) mass is 242 g/mol. The number of aliphatic hydroxyl groups is 1. The van der Waals surface area contributed by atoms with Gasteiger partial charge in [-0.25, -0.2) is 0 Å². The standard InChI is InChI=1S/C10H18N4O3/c15-6-4-11-10(12-5-6)14-8-3-1-2-7(13-8)9(16)17/h6-8,13,15H,1-5H2,(H,16,17)(H2,11,12,14). The van der Waals surface area contributed by atoms with Gasteiger partial charge >= 0.3 is 5.97 Å². The van der Waals surface area contributed by atoms with Crippen molar-refractivity contribution in [3.63, 3.8) is 0 Å². The predicted molar refractivity (Wildman–Crippen MR) is 61.6 cm³/mol. The second-order valence-electron chi connectivity index (χ2n) is 4.41. The zero-order valence-corrected chi connectivity index (χ0v) is 9.52. The van der Waals surface area contributed by atoms with E-state index in [1.54, 1.807) is 0 Å². The van der Waals surface area contributed by atoms with Crippen LogP contribution in [0.2, 0.25) is 0 Å². The molecule has 0 saturated carbocycles. The van der Waals surface area contributed by atoms with E-state index >= 15 is 0 Å². The van der Waals surface area contributed by atoms with E-state index in [4.69, 9.17) is 5.11 Å². The van der Waals surface area contributed by atoms with Crippen LogP contribution in [0, 0.1) is 0 Å². The number of guanidine groups is 1. The average molecular weight is 242 g/mol. The van der Waals surface area contributed by atoms with Gasteiger partial charge in [0.05, 0.1) is 18.8 Å². The third-order valence-corrected chi connectivity index (χ3v) is 2.96. The second-order valence-corrected chi connectivity index (χ2v) is 4.41. The van der Waals surface area contributed by atoms with Crippen LogP contribution in [-0.2, 0) is 4.79 Å². The van der Waals surface area contributed by atoms with Crippen LogP contribution >= 0.6 is 0 Å². The summed E-state index contributed by atoms with van der Waals surface area (Å²) < 4.78 is 0. The summed E-state index contributed by atoms with van der Waals surface area (Å²) in [6.07, 6.45) is 1.88. The maximum absolute atomic E-state index is 10.9. The first-order valence-electron chi connectivity index (χ1n) is 5.87. The number of β-amino-alcohol motifs (C(OH)–C–C–N with tert-alkyl or cyclic N) is 1. The number of aliphatic imine (C=N–C) groups is 1.